The van der Waals surface area contributed by atoms with Crippen molar-refractivity contribution >= 4 is 23.4 Å². The maximum atomic E-state index is 12.8. The third kappa shape index (κ3) is 3.98. The zero-order valence-electron chi connectivity index (χ0n) is 17.1. The Morgan fingerprint density at radius 1 is 1.25 bits per heavy atom. The topological polar surface area (TPSA) is 90.5 Å². The molecule has 2 aliphatic rings. The van der Waals surface area contributed by atoms with Crippen LogP contribution in [0.25, 0.3) is 0 Å². The van der Waals surface area contributed by atoms with Gasteiger partial charge >= 0.3 is 0 Å². The van der Waals surface area contributed by atoms with Crippen LogP contribution in [0.1, 0.15) is 63.7 Å². The quantitative estimate of drug-likeness (QED) is 0.740. The Morgan fingerprint density at radius 3 is 2.68 bits per heavy atom. The first-order valence-corrected chi connectivity index (χ1v) is 9.98. The summed E-state index contributed by atoms with van der Waals surface area (Å²) < 4.78 is 0. The summed E-state index contributed by atoms with van der Waals surface area (Å²) in [5, 5.41) is 9.50. The number of likely N-dealkylation sites (tertiary alicyclic amines) is 1. The number of benzene rings is 1. The number of nitrogens with one attached hydrogen (secondary N) is 3. The molecule has 7 nitrogen and oxygen atoms in total. The molecule has 2 aliphatic heterocycles. The minimum atomic E-state index is -0.672. The van der Waals surface area contributed by atoms with E-state index in [1.165, 1.54) is 0 Å². The number of nitrogens with zero attached hydrogens (tertiary/aromatic N) is 1. The standard InChI is InChI=1S/C21H30N4O3/c1-5-20(3,4)23-18(27)14(2)25-13-12-21(11-10-17(25)26)22-16-9-7-6-8-15(16)19(28)24-21/h6-9,14,22H,5,10-13H2,1-4H3,(H,23,27)(H,24,28). The Balaban J connectivity index is 1.74. The fourth-order valence-corrected chi connectivity index (χ4v) is 3.72. The van der Waals surface area contributed by atoms with Crippen LogP contribution in [-0.2, 0) is 9.59 Å². The second-order valence-corrected chi connectivity index (χ2v) is 8.45. The number of amides is 3. The van der Waals surface area contributed by atoms with Gasteiger partial charge < -0.3 is 20.9 Å². The SMILES string of the molecule is CCC(C)(C)NC(=O)C(C)N1CCC2(CCC1=O)NC(=O)c1ccccc1N2. The molecular formula is C21H30N4O3. The summed E-state index contributed by atoms with van der Waals surface area (Å²) in [6.07, 6.45) is 2.09. The van der Waals surface area contributed by atoms with Crippen molar-refractivity contribution in [2.75, 3.05) is 11.9 Å². The Hall–Kier alpha value is -2.57. The Labute approximate surface area is 166 Å². The van der Waals surface area contributed by atoms with E-state index in [0.717, 1.165) is 12.1 Å². The van der Waals surface area contributed by atoms with E-state index < -0.39 is 11.7 Å². The van der Waals surface area contributed by atoms with Crippen LogP contribution in [0.4, 0.5) is 5.69 Å². The molecular weight excluding hydrogens is 356 g/mol. The van der Waals surface area contributed by atoms with Crippen LogP contribution in [0, 0.1) is 0 Å². The Bertz CT molecular complexity index is 792. The lowest BCUT2D eigenvalue weighted by molar-refractivity contribution is -0.140. The van der Waals surface area contributed by atoms with Crippen LogP contribution >= 0.6 is 0 Å². The van der Waals surface area contributed by atoms with Crippen molar-refractivity contribution in [3.8, 4) is 0 Å². The first-order valence-electron chi connectivity index (χ1n) is 9.98. The van der Waals surface area contributed by atoms with Crippen molar-refractivity contribution in [3.63, 3.8) is 0 Å². The number of anilines is 1. The molecule has 1 aromatic rings. The van der Waals surface area contributed by atoms with Crippen molar-refractivity contribution in [1.29, 1.82) is 0 Å². The molecule has 2 unspecified atom stereocenters. The van der Waals surface area contributed by atoms with Crippen molar-refractivity contribution in [2.24, 2.45) is 0 Å². The molecule has 3 N–H and O–H groups in total. The summed E-state index contributed by atoms with van der Waals surface area (Å²) in [5.74, 6) is -0.350. The number of rotatable bonds is 4. The van der Waals surface area contributed by atoms with E-state index in [1.54, 1.807) is 17.9 Å². The van der Waals surface area contributed by atoms with E-state index in [1.807, 2.05) is 39.0 Å². The van der Waals surface area contributed by atoms with Crippen molar-refractivity contribution < 1.29 is 14.4 Å². The van der Waals surface area contributed by atoms with Gasteiger partial charge in [-0.1, -0.05) is 19.1 Å². The highest BCUT2D eigenvalue weighted by molar-refractivity contribution is 6.02. The minimum Gasteiger partial charge on any atom is -0.362 e. The van der Waals surface area contributed by atoms with E-state index >= 15 is 0 Å². The van der Waals surface area contributed by atoms with Gasteiger partial charge in [0.1, 0.15) is 11.7 Å². The summed E-state index contributed by atoms with van der Waals surface area (Å²) in [6.45, 7) is 8.11. The first kappa shape index (κ1) is 20.2. The van der Waals surface area contributed by atoms with Crippen LogP contribution in [-0.4, -0.2) is 46.4 Å². The zero-order valence-corrected chi connectivity index (χ0v) is 17.1. The lowest BCUT2D eigenvalue weighted by Gasteiger charge is -2.40. The highest BCUT2D eigenvalue weighted by atomic mass is 16.2. The van der Waals surface area contributed by atoms with Gasteiger partial charge in [0.25, 0.3) is 5.91 Å². The third-order valence-corrected chi connectivity index (χ3v) is 5.96. The summed E-state index contributed by atoms with van der Waals surface area (Å²) in [6, 6.07) is 6.81. The molecule has 0 bridgehead atoms. The zero-order chi connectivity index (χ0) is 20.5. The molecule has 1 aromatic carbocycles. The van der Waals surface area contributed by atoms with Gasteiger partial charge in [0, 0.05) is 30.6 Å². The molecule has 0 aromatic heterocycles. The molecule has 0 saturated carbocycles. The van der Waals surface area contributed by atoms with Crippen LogP contribution < -0.4 is 16.0 Å². The lowest BCUT2D eigenvalue weighted by Crippen LogP contribution is -2.58. The molecule has 3 amide bonds. The van der Waals surface area contributed by atoms with Gasteiger partial charge in [-0.2, -0.15) is 0 Å². The van der Waals surface area contributed by atoms with Gasteiger partial charge in [-0.15, -0.1) is 0 Å². The number of para-hydroxylation sites is 1. The van der Waals surface area contributed by atoms with Crippen molar-refractivity contribution in [2.45, 2.75) is 70.6 Å². The second kappa shape index (κ2) is 7.45. The smallest absolute Gasteiger partial charge is 0.255 e. The summed E-state index contributed by atoms with van der Waals surface area (Å²) in [5.41, 5.74) is 0.399. The Morgan fingerprint density at radius 2 is 1.96 bits per heavy atom. The van der Waals surface area contributed by atoms with Crippen molar-refractivity contribution in [3.05, 3.63) is 29.8 Å². The minimum absolute atomic E-state index is 0.0660. The predicted molar refractivity (Wildman–Crippen MR) is 108 cm³/mol. The van der Waals surface area contributed by atoms with Crippen LogP contribution in [0.2, 0.25) is 0 Å². The molecule has 2 atom stereocenters. The highest BCUT2D eigenvalue weighted by Gasteiger charge is 2.42. The number of fused-ring (bicyclic) bond motifs is 1. The van der Waals surface area contributed by atoms with Gasteiger partial charge in [-0.05, 0) is 45.7 Å². The average molecular weight is 386 g/mol. The molecule has 0 aliphatic carbocycles. The summed E-state index contributed by atoms with van der Waals surface area (Å²) >= 11 is 0. The normalized spacial score (nSPS) is 23.4. The number of hydrogen-bond acceptors (Lipinski definition) is 4. The lowest BCUT2D eigenvalue weighted by atomic mass is 9.95. The maximum absolute atomic E-state index is 12.8. The average Bonchev–Trinajstić information content (AvgIpc) is 2.80. The third-order valence-electron chi connectivity index (χ3n) is 5.96. The van der Waals surface area contributed by atoms with Gasteiger partial charge in [0.15, 0.2) is 0 Å². The van der Waals surface area contributed by atoms with Gasteiger partial charge in [0.2, 0.25) is 11.8 Å². The van der Waals surface area contributed by atoms with E-state index in [0.29, 0.717) is 24.9 Å². The second-order valence-electron chi connectivity index (χ2n) is 8.45. The first-order chi connectivity index (χ1) is 13.2. The van der Waals surface area contributed by atoms with Crippen LogP contribution in [0.15, 0.2) is 24.3 Å². The fraction of sp³-hybridized carbons (Fsp3) is 0.571. The van der Waals surface area contributed by atoms with E-state index in [2.05, 4.69) is 16.0 Å². The Kier molecular flexibility index (Phi) is 5.37. The van der Waals surface area contributed by atoms with Gasteiger partial charge in [-0.3, -0.25) is 14.4 Å². The molecule has 28 heavy (non-hydrogen) atoms. The van der Waals surface area contributed by atoms with Crippen LogP contribution in [0.5, 0.6) is 0 Å². The molecule has 2 heterocycles. The van der Waals surface area contributed by atoms with E-state index in [9.17, 15) is 14.4 Å². The number of carbonyl (C=O) groups excluding carboxylic acids is 3. The molecule has 3 rings (SSSR count). The largest absolute Gasteiger partial charge is 0.362 e. The molecule has 7 heteroatoms. The molecule has 152 valence electrons. The van der Waals surface area contributed by atoms with Gasteiger partial charge in [-0.25, -0.2) is 0 Å². The summed E-state index contributed by atoms with van der Waals surface area (Å²) in [7, 11) is 0. The molecule has 1 fully saturated rings. The maximum Gasteiger partial charge on any atom is 0.255 e. The van der Waals surface area contributed by atoms with Crippen LogP contribution in [0.3, 0.4) is 0 Å². The predicted octanol–water partition coefficient (Wildman–Crippen LogP) is 2.24. The fourth-order valence-electron chi connectivity index (χ4n) is 3.72. The summed E-state index contributed by atoms with van der Waals surface area (Å²) in [4.78, 5) is 39.6. The molecule has 1 spiro atoms. The molecule has 1 saturated heterocycles. The van der Waals surface area contributed by atoms with E-state index in [-0.39, 0.29) is 29.7 Å². The molecule has 0 radical (unpaired) electrons. The van der Waals surface area contributed by atoms with E-state index in [4.69, 9.17) is 0 Å². The monoisotopic (exact) mass is 386 g/mol. The number of hydrogen-bond donors (Lipinski definition) is 3. The van der Waals surface area contributed by atoms with Gasteiger partial charge in [0.05, 0.1) is 5.56 Å². The highest BCUT2D eigenvalue weighted by Crippen LogP contribution is 2.32. The number of carbonyl (C=O) groups is 3. The van der Waals surface area contributed by atoms with Crippen molar-refractivity contribution in [1.82, 2.24) is 15.5 Å².